The third-order valence-electron chi connectivity index (χ3n) is 6.72. The minimum Gasteiger partial charge on any atom is -0.392 e. The van der Waals surface area contributed by atoms with Gasteiger partial charge in [0, 0.05) is 30.9 Å². The van der Waals surface area contributed by atoms with Gasteiger partial charge in [-0.3, -0.25) is 14.4 Å². The molecule has 2 heterocycles. The van der Waals surface area contributed by atoms with Crippen LogP contribution in [0.3, 0.4) is 0 Å². The number of anilines is 1. The maximum atomic E-state index is 13.0. The summed E-state index contributed by atoms with van der Waals surface area (Å²) in [6.07, 6.45) is 3.99. The molecule has 1 aromatic rings. The third kappa shape index (κ3) is 7.86. The number of thioether (sulfide) groups is 1. The summed E-state index contributed by atoms with van der Waals surface area (Å²) >= 11 is 1.26. The van der Waals surface area contributed by atoms with Crippen LogP contribution in [0, 0.1) is 0 Å². The van der Waals surface area contributed by atoms with Crippen molar-refractivity contribution in [3.8, 4) is 0 Å². The first kappa shape index (κ1) is 28.8. The van der Waals surface area contributed by atoms with Crippen LogP contribution in [0.15, 0.2) is 35.0 Å². The molecule has 0 bridgehead atoms. The van der Waals surface area contributed by atoms with E-state index in [4.69, 9.17) is 11.5 Å². The molecule has 2 atom stereocenters. The Hall–Kier alpha value is -2.76. The number of nitrogens with zero attached hydrogens (tertiary/aromatic N) is 2. The molecule has 1 unspecified atom stereocenters. The molecule has 0 aromatic heterocycles. The van der Waals surface area contributed by atoms with Crippen LogP contribution in [0.1, 0.15) is 56.8 Å². The van der Waals surface area contributed by atoms with E-state index in [0.29, 0.717) is 36.6 Å². The molecule has 0 aliphatic carbocycles. The number of rotatable bonds is 12. The predicted octanol–water partition coefficient (Wildman–Crippen LogP) is 1.61. The largest absolute Gasteiger partial charge is 0.392 e. The molecular weight excluding hydrogens is 490 g/mol. The molecule has 2 aliphatic rings. The van der Waals surface area contributed by atoms with Crippen molar-refractivity contribution < 1.29 is 14.4 Å². The summed E-state index contributed by atoms with van der Waals surface area (Å²) < 4.78 is 0. The van der Waals surface area contributed by atoms with E-state index in [0.717, 1.165) is 31.7 Å². The lowest BCUT2D eigenvalue weighted by Crippen LogP contribution is -2.54. The first-order valence-electron chi connectivity index (χ1n) is 13.1. The minimum atomic E-state index is -0.890. The Labute approximate surface area is 223 Å². The molecule has 204 valence electrons. The topological polar surface area (TPSA) is 146 Å². The van der Waals surface area contributed by atoms with Crippen LogP contribution in [-0.4, -0.2) is 77.7 Å². The smallest absolute Gasteiger partial charge is 0.271 e. The fraction of sp³-hybridized carbons (Fsp3) is 0.577. The number of likely N-dealkylation sites (tertiary alicyclic amines) is 1. The molecule has 10 nitrogen and oxygen atoms in total. The molecular formula is C26H41N7O3S. The monoisotopic (exact) mass is 531 g/mol. The number of hydrogen-bond acceptors (Lipinski definition) is 8. The van der Waals surface area contributed by atoms with E-state index >= 15 is 0 Å². The second kappa shape index (κ2) is 13.2. The summed E-state index contributed by atoms with van der Waals surface area (Å²) in [7, 11) is 0. The van der Waals surface area contributed by atoms with Gasteiger partial charge in [0.1, 0.15) is 16.0 Å². The van der Waals surface area contributed by atoms with Crippen LogP contribution in [0.4, 0.5) is 5.69 Å². The summed E-state index contributed by atoms with van der Waals surface area (Å²) in [6, 6.07) is 7.23. The summed E-state index contributed by atoms with van der Waals surface area (Å²) in [5.74, 6) is -0.728. The molecule has 0 saturated carbocycles. The molecule has 2 saturated heterocycles. The normalized spacial score (nSPS) is 21.0. The fourth-order valence-corrected chi connectivity index (χ4v) is 5.50. The van der Waals surface area contributed by atoms with Gasteiger partial charge in [-0.2, -0.15) is 0 Å². The maximum Gasteiger partial charge on any atom is 0.271 e. The van der Waals surface area contributed by atoms with Crippen LogP contribution >= 0.6 is 11.8 Å². The Bertz CT molecular complexity index is 1010. The first-order valence-corrected chi connectivity index (χ1v) is 14.0. The second-order valence-electron chi connectivity index (χ2n) is 9.75. The Morgan fingerprint density at radius 3 is 2.62 bits per heavy atom. The van der Waals surface area contributed by atoms with Gasteiger partial charge in [0.25, 0.3) is 11.8 Å². The highest BCUT2D eigenvalue weighted by Crippen LogP contribution is 2.36. The van der Waals surface area contributed by atoms with Crippen LogP contribution in [0.2, 0.25) is 0 Å². The summed E-state index contributed by atoms with van der Waals surface area (Å²) in [6.45, 7) is 10.1. The molecule has 3 amide bonds. The molecule has 37 heavy (non-hydrogen) atoms. The van der Waals surface area contributed by atoms with Gasteiger partial charge in [-0.25, -0.2) is 0 Å². The summed E-state index contributed by atoms with van der Waals surface area (Å²) in [5, 5.41) is 8.94. The molecule has 11 heteroatoms. The highest BCUT2D eigenvalue weighted by Gasteiger charge is 2.38. The average Bonchev–Trinajstić information content (AvgIpc) is 3.52. The molecule has 0 radical (unpaired) electrons. The van der Waals surface area contributed by atoms with E-state index in [9.17, 15) is 14.4 Å². The Kier molecular flexibility index (Phi) is 10.2. The zero-order chi connectivity index (χ0) is 27.0. The van der Waals surface area contributed by atoms with E-state index in [1.165, 1.54) is 29.5 Å². The van der Waals surface area contributed by atoms with Crippen molar-refractivity contribution in [1.29, 1.82) is 0 Å². The number of nitrogens with two attached hydrogens (primary N) is 2. The second-order valence-corrected chi connectivity index (χ2v) is 10.9. The molecule has 0 spiro atoms. The molecule has 1 aromatic carbocycles. The van der Waals surface area contributed by atoms with Crippen molar-refractivity contribution in [1.82, 2.24) is 20.4 Å². The molecule has 2 aliphatic heterocycles. The fourth-order valence-electron chi connectivity index (χ4n) is 4.27. The van der Waals surface area contributed by atoms with Crippen molar-refractivity contribution >= 4 is 35.2 Å². The van der Waals surface area contributed by atoms with Crippen LogP contribution in [-0.2, 0) is 9.59 Å². The van der Waals surface area contributed by atoms with E-state index < -0.39 is 16.8 Å². The quantitative estimate of drug-likeness (QED) is 0.155. The number of benzene rings is 1. The highest BCUT2D eigenvalue weighted by atomic mass is 32.2. The van der Waals surface area contributed by atoms with Crippen molar-refractivity contribution in [2.75, 3.05) is 44.6 Å². The number of nitrogens with one attached hydrogen (secondary N) is 3. The van der Waals surface area contributed by atoms with Crippen molar-refractivity contribution in [2.24, 2.45) is 11.5 Å². The van der Waals surface area contributed by atoms with Gasteiger partial charge in [0.05, 0.1) is 5.66 Å². The zero-order valence-electron chi connectivity index (χ0n) is 22.1. The van der Waals surface area contributed by atoms with E-state index in [1.807, 2.05) is 26.0 Å². The molecule has 7 N–H and O–H groups in total. The van der Waals surface area contributed by atoms with Gasteiger partial charge in [-0.1, -0.05) is 24.8 Å². The Balaban J connectivity index is 1.56. The van der Waals surface area contributed by atoms with Gasteiger partial charge in [-0.15, -0.1) is 0 Å². The lowest BCUT2D eigenvalue weighted by atomic mass is 10.1. The minimum absolute atomic E-state index is 0.0174. The van der Waals surface area contributed by atoms with Gasteiger partial charge in [0.15, 0.2) is 0 Å². The Morgan fingerprint density at radius 2 is 1.95 bits per heavy atom. The van der Waals surface area contributed by atoms with Crippen molar-refractivity contribution in [2.45, 2.75) is 57.4 Å². The van der Waals surface area contributed by atoms with Crippen LogP contribution < -0.4 is 27.4 Å². The van der Waals surface area contributed by atoms with Gasteiger partial charge >= 0.3 is 0 Å². The van der Waals surface area contributed by atoms with Crippen LogP contribution in [0.5, 0.6) is 0 Å². The maximum absolute atomic E-state index is 13.0. The van der Waals surface area contributed by atoms with Crippen molar-refractivity contribution in [3.05, 3.63) is 40.6 Å². The number of amides is 3. The number of hydrogen-bond donors (Lipinski definition) is 5. The third-order valence-corrected chi connectivity index (χ3v) is 8.03. The predicted molar refractivity (Wildman–Crippen MR) is 149 cm³/mol. The molecule has 3 rings (SSSR count). The number of carbonyl (C=O) groups is 3. The SMILES string of the molecule is CCN1C(=O)[C@@H](CNc2cccc(C(=O)NCCCN3CCCC3)c2)S/C1=C(/N)C(=O)NC(C)(N)CC. The highest BCUT2D eigenvalue weighted by molar-refractivity contribution is 8.04. The number of carbonyl (C=O) groups excluding carboxylic acids is 3. The first-order chi connectivity index (χ1) is 17.6. The standard InChI is InChI=1S/C26H41N7O3S/c1-4-26(3,28)31-23(35)21(27)25-33(5-2)24(36)20(37-25)17-30-19-11-8-10-18(16-19)22(34)29-12-9-15-32-13-6-7-14-32/h8,10-11,16,20,30H,4-7,9,12-15,17,27-28H2,1-3H3,(H,29,34)(H,31,35)/b25-21+/t20-,26?/m1/s1. The van der Waals surface area contributed by atoms with Gasteiger partial charge < -0.3 is 37.2 Å². The van der Waals surface area contributed by atoms with Crippen molar-refractivity contribution in [3.63, 3.8) is 0 Å². The lowest BCUT2D eigenvalue weighted by molar-refractivity contribution is -0.127. The van der Waals surface area contributed by atoms with Gasteiger partial charge in [0.2, 0.25) is 5.91 Å². The average molecular weight is 532 g/mol. The van der Waals surface area contributed by atoms with E-state index in [1.54, 1.807) is 19.1 Å². The lowest BCUT2D eigenvalue weighted by Gasteiger charge is -2.25. The molecule has 2 fully saturated rings. The van der Waals surface area contributed by atoms with E-state index in [-0.39, 0.29) is 17.5 Å². The zero-order valence-corrected chi connectivity index (χ0v) is 23.0. The Morgan fingerprint density at radius 1 is 1.22 bits per heavy atom. The van der Waals surface area contributed by atoms with Gasteiger partial charge in [-0.05, 0) is 77.4 Å². The summed E-state index contributed by atoms with van der Waals surface area (Å²) in [4.78, 5) is 42.2. The summed E-state index contributed by atoms with van der Waals surface area (Å²) in [5.41, 5.74) is 12.6. The van der Waals surface area contributed by atoms with E-state index in [2.05, 4.69) is 20.9 Å². The van der Waals surface area contributed by atoms with Crippen LogP contribution in [0.25, 0.3) is 0 Å².